The number of carbonyl (C=O) groups excluding carboxylic acids is 1. The van der Waals surface area contributed by atoms with Crippen molar-refractivity contribution in [2.45, 2.75) is 19.5 Å². The van der Waals surface area contributed by atoms with Crippen LogP contribution < -0.4 is 10.5 Å². The molecule has 1 aliphatic rings. The summed E-state index contributed by atoms with van der Waals surface area (Å²) in [5.74, 6) is 0.743. The summed E-state index contributed by atoms with van der Waals surface area (Å²) in [4.78, 5) is 16.7. The summed E-state index contributed by atoms with van der Waals surface area (Å²) in [7, 11) is 1.62. The second kappa shape index (κ2) is 7.55. The Balaban J connectivity index is 1.56. The minimum atomic E-state index is 0.00385. The number of carbonyl (C=O) groups is 1. The van der Waals surface area contributed by atoms with Crippen LogP contribution in [0.5, 0.6) is 5.75 Å². The monoisotopic (exact) mass is 378 g/mol. The third kappa shape index (κ3) is 3.61. The van der Waals surface area contributed by atoms with Gasteiger partial charge in [-0.25, -0.2) is 0 Å². The molecular weight excluding hydrogens is 356 g/mol. The van der Waals surface area contributed by atoms with Gasteiger partial charge in [0.25, 0.3) is 0 Å². The minimum absolute atomic E-state index is 0.00385. The molecule has 0 saturated carbocycles. The van der Waals surface area contributed by atoms with Gasteiger partial charge in [-0.05, 0) is 41.8 Å². The Hall–Kier alpha value is -2.63. The smallest absolute Gasteiger partial charge is 0.196 e. The molecule has 27 heavy (non-hydrogen) atoms. The van der Waals surface area contributed by atoms with Gasteiger partial charge in [0.2, 0.25) is 0 Å². The first kappa shape index (κ1) is 17.8. The second-order valence-electron chi connectivity index (χ2n) is 6.75. The van der Waals surface area contributed by atoms with Gasteiger partial charge in [-0.1, -0.05) is 30.3 Å². The van der Waals surface area contributed by atoms with E-state index in [-0.39, 0.29) is 5.78 Å². The number of rotatable bonds is 5. The predicted octanol–water partition coefficient (Wildman–Crippen LogP) is 4.13. The van der Waals surface area contributed by atoms with Gasteiger partial charge in [-0.15, -0.1) is 11.3 Å². The van der Waals surface area contributed by atoms with E-state index in [1.165, 1.54) is 10.4 Å². The van der Waals surface area contributed by atoms with Crippen molar-refractivity contribution in [3.63, 3.8) is 0 Å². The molecule has 138 valence electrons. The molecule has 1 aliphatic heterocycles. The molecule has 0 atom stereocenters. The summed E-state index contributed by atoms with van der Waals surface area (Å²) in [5, 5.41) is 0.627. The summed E-state index contributed by atoms with van der Waals surface area (Å²) in [6.07, 6.45) is 0.854. The predicted molar refractivity (Wildman–Crippen MR) is 109 cm³/mol. The van der Waals surface area contributed by atoms with E-state index in [2.05, 4.69) is 29.2 Å². The molecule has 3 aromatic rings. The zero-order chi connectivity index (χ0) is 18.8. The Labute approximate surface area is 163 Å². The van der Waals surface area contributed by atoms with E-state index < -0.39 is 0 Å². The summed E-state index contributed by atoms with van der Waals surface area (Å²) in [6, 6.07) is 17.7. The van der Waals surface area contributed by atoms with Crippen LogP contribution in [-0.4, -0.2) is 24.3 Å². The van der Waals surface area contributed by atoms with E-state index in [1.807, 2.05) is 18.2 Å². The molecule has 4 nitrogen and oxygen atoms in total. The zero-order valence-electron chi connectivity index (χ0n) is 15.3. The SMILES string of the molecule is COc1ccc(C(=O)c2c(N)sc3c2CCN(Cc2ccccc2)C3)cc1. The average molecular weight is 378 g/mol. The van der Waals surface area contributed by atoms with E-state index >= 15 is 0 Å². The summed E-state index contributed by atoms with van der Waals surface area (Å²) >= 11 is 1.55. The van der Waals surface area contributed by atoms with Crippen LogP contribution in [0.4, 0.5) is 5.00 Å². The average Bonchev–Trinajstić information content (AvgIpc) is 3.03. The van der Waals surface area contributed by atoms with Gasteiger partial charge in [-0.3, -0.25) is 9.69 Å². The van der Waals surface area contributed by atoms with Crippen molar-refractivity contribution in [1.82, 2.24) is 4.90 Å². The van der Waals surface area contributed by atoms with Crippen molar-refractivity contribution in [3.8, 4) is 5.75 Å². The van der Waals surface area contributed by atoms with Gasteiger partial charge in [-0.2, -0.15) is 0 Å². The van der Waals surface area contributed by atoms with Crippen LogP contribution >= 0.6 is 11.3 Å². The Morgan fingerprint density at radius 1 is 1.15 bits per heavy atom. The number of anilines is 1. The largest absolute Gasteiger partial charge is 0.497 e. The lowest BCUT2D eigenvalue weighted by Crippen LogP contribution is -2.29. The highest BCUT2D eigenvalue weighted by atomic mass is 32.1. The second-order valence-corrected chi connectivity index (χ2v) is 7.88. The molecule has 5 heteroatoms. The Morgan fingerprint density at radius 2 is 1.89 bits per heavy atom. The summed E-state index contributed by atoms with van der Waals surface area (Å²) in [6.45, 7) is 2.69. The first-order valence-electron chi connectivity index (χ1n) is 9.00. The highest BCUT2D eigenvalue weighted by molar-refractivity contribution is 7.16. The van der Waals surface area contributed by atoms with Crippen LogP contribution in [0.15, 0.2) is 54.6 Å². The molecule has 0 unspecified atom stereocenters. The maximum Gasteiger partial charge on any atom is 0.196 e. The number of benzene rings is 2. The number of nitrogens with two attached hydrogens (primary N) is 1. The topological polar surface area (TPSA) is 55.6 Å². The first-order valence-corrected chi connectivity index (χ1v) is 9.82. The van der Waals surface area contributed by atoms with Gasteiger partial charge in [0.1, 0.15) is 5.75 Å². The van der Waals surface area contributed by atoms with Crippen LogP contribution in [0.25, 0.3) is 0 Å². The van der Waals surface area contributed by atoms with E-state index in [0.29, 0.717) is 16.1 Å². The van der Waals surface area contributed by atoms with Crippen molar-refractivity contribution in [1.29, 1.82) is 0 Å². The summed E-state index contributed by atoms with van der Waals surface area (Å²) < 4.78 is 5.18. The highest BCUT2D eigenvalue weighted by Gasteiger charge is 2.27. The molecule has 2 aromatic carbocycles. The van der Waals surface area contributed by atoms with Crippen LogP contribution in [0.3, 0.4) is 0 Å². The maximum absolute atomic E-state index is 13.0. The molecule has 0 aliphatic carbocycles. The minimum Gasteiger partial charge on any atom is -0.497 e. The van der Waals surface area contributed by atoms with Crippen molar-refractivity contribution in [3.05, 3.63) is 81.7 Å². The molecule has 2 N–H and O–H groups in total. The third-order valence-corrected chi connectivity index (χ3v) is 6.04. The first-order chi connectivity index (χ1) is 13.2. The number of hydrogen-bond acceptors (Lipinski definition) is 5. The lowest BCUT2D eigenvalue weighted by molar-refractivity contribution is 0.103. The lowest BCUT2D eigenvalue weighted by Gasteiger charge is -2.27. The summed E-state index contributed by atoms with van der Waals surface area (Å²) in [5.41, 5.74) is 10.0. The van der Waals surface area contributed by atoms with Gasteiger partial charge in [0.15, 0.2) is 5.78 Å². The van der Waals surface area contributed by atoms with Crippen LogP contribution in [0.1, 0.15) is 31.9 Å². The van der Waals surface area contributed by atoms with Gasteiger partial charge in [0, 0.05) is 30.1 Å². The molecule has 0 bridgehead atoms. The van der Waals surface area contributed by atoms with Crippen molar-refractivity contribution >= 4 is 22.1 Å². The third-order valence-electron chi connectivity index (χ3n) is 4.99. The Bertz CT molecular complexity index is 948. The van der Waals surface area contributed by atoms with E-state index in [0.717, 1.165) is 37.4 Å². The fourth-order valence-corrected chi connectivity index (χ4v) is 4.75. The number of thiophene rings is 1. The number of ether oxygens (including phenoxy) is 1. The van der Waals surface area contributed by atoms with E-state index in [4.69, 9.17) is 10.5 Å². The van der Waals surface area contributed by atoms with Gasteiger partial charge < -0.3 is 10.5 Å². The van der Waals surface area contributed by atoms with Crippen LogP contribution in [0, 0.1) is 0 Å². The lowest BCUT2D eigenvalue weighted by atomic mass is 9.96. The van der Waals surface area contributed by atoms with Gasteiger partial charge >= 0.3 is 0 Å². The van der Waals surface area contributed by atoms with Crippen molar-refractivity contribution < 1.29 is 9.53 Å². The van der Waals surface area contributed by atoms with Crippen molar-refractivity contribution in [2.24, 2.45) is 0 Å². The standard InChI is InChI=1S/C22H22N2O2S/c1-26-17-9-7-16(8-10-17)21(25)20-18-11-12-24(14-19(18)27-22(20)23)13-15-5-3-2-4-6-15/h2-10H,11-14,23H2,1H3. The van der Waals surface area contributed by atoms with E-state index in [9.17, 15) is 4.79 Å². The van der Waals surface area contributed by atoms with Crippen LogP contribution in [-0.2, 0) is 19.5 Å². The fraction of sp³-hybridized carbons (Fsp3) is 0.227. The van der Waals surface area contributed by atoms with E-state index in [1.54, 1.807) is 30.6 Å². The molecular formula is C22H22N2O2S. The van der Waals surface area contributed by atoms with Crippen molar-refractivity contribution in [2.75, 3.05) is 19.4 Å². The molecule has 0 spiro atoms. The number of hydrogen-bond donors (Lipinski definition) is 1. The highest BCUT2D eigenvalue weighted by Crippen LogP contribution is 2.37. The number of methoxy groups -OCH3 is 1. The zero-order valence-corrected chi connectivity index (χ0v) is 16.1. The quantitative estimate of drug-likeness (QED) is 0.678. The molecule has 1 aromatic heterocycles. The Kier molecular flexibility index (Phi) is 4.97. The molecule has 0 amide bonds. The molecule has 0 fully saturated rings. The number of nitrogen functional groups attached to an aromatic ring is 1. The molecule has 0 saturated heterocycles. The molecule has 2 heterocycles. The van der Waals surface area contributed by atoms with Crippen LogP contribution in [0.2, 0.25) is 0 Å². The fourth-order valence-electron chi connectivity index (χ4n) is 3.59. The normalized spacial score (nSPS) is 14.0. The number of nitrogens with zero attached hydrogens (tertiary/aromatic N) is 1. The van der Waals surface area contributed by atoms with Gasteiger partial charge in [0.05, 0.1) is 17.7 Å². The number of fused-ring (bicyclic) bond motifs is 1. The molecule has 0 radical (unpaired) electrons. The Morgan fingerprint density at radius 3 is 2.59 bits per heavy atom. The maximum atomic E-state index is 13.0. The number of ketones is 1. The molecule has 4 rings (SSSR count).